The van der Waals surface area contributed by atoms with Crippen molar-refractivity contribution in [2.75, 3.05) is 13.2 Å². The standard InChI is InChI=1S/C60H112O6/c1-4-7-10-13-16-19-21-23-25-27-29-31-32-34-36-38-41-44-47-50-53-59(62)65-56-57(55-64-58(61)52-49-46-43-40-18-15-12-9-6-3)66-60(63)54-51-48-45-42-39-37-35-33-30-28-26-24-22-20-17-14-11-8-5-2/h17,20,24,26,57H,4-16,18-19,21-23,25,27-56H2,1-3H3/b20-17-,26-24-. The van der Waals surface area contributed by atoms with Crippen LogP contribution in [-0.2, 0) is 28.6 Å². The number of rotatable bonds is 54. The highest BCUT2D eigenvalue weighted by atomic mass is 16.6. The Kier molecular flexibility index (Phi) is 53.7. The van der Waals surface area contributed by atoms with E-state index in [0.29, 0.717) is 19.3 Å². The predicted octanol–water partition coefficient (Wildman–Crippen LogP) is 19.5. The monoisotopic (exact) mass is 929 g/mol. The van der Waals surface area contributed by atoms with Gasteiger partial charge in [-0.3, -0.25) is 14.4 Å². The minimum Gasteiger partial charge on any atom is -0.462 e. The first-order valence-corrected chi connectivity index (χ1v) is 29.3. The van der Waals surface area contributed by atoms with Gasteiger partial charge in [0.05, 0.1) is 0 Å². The van der Waals surface area contributed by atoms with E-state index in [9.17, 15) is 14.4 Å². The van der Waals surface area contributed by atoms with E-state index in [4.69, 9.17) is 14.2 Å². The van der Waals surface area contributed by atoms with Crippen molar-refractivity contribution < 1.29 is 28.6 Å². The predicted molar refractivity (Wildman–Crippen MR) is 284 cm³/mol. The van der Waals surface area contributed by atoms with E-state index < -0.39 is 6.10 Å². The van der Waals surface area contributed by atoms with Crippen LogP contribution < -0.4 is 0 Å². The summed E-state index contributed by atoms with van der Waals surface area (Å²) in [5, 5.41) is 0. The average molecular weight is 930 g/mol. The summed E-state index contributed by atoms with van der Waals surface area (Å²) in [5.74, 6) is -0.854. The van der Waals surface area contributed by atoms with Crippen LogP contribution in [0, 0.1) is 0 Å². The lowest BCUT2D eigenvalue weighted by atomic mass is 10.0. The normalized spacial score (nSPS) is 12.1. The average Bonchev–Trinajstić information content (AvgIpc) is 3.31. The third-order valence-electron chi connectivity index (χ3n) is 13.2. The van der Waals surface area contributed by atoms with Gasteiger partial charge in [-0.2, -0.15) is 0 Å². The van der Waals surface area contributed by atoms with Crippen molar-refractivity contribution in [1.82, 2.24) is 0 Å². The van der Waals surface area contributed by atoms with Crippen molar-refractivity contribution in [3.8, 4) is 0 Å². The summed E-state index contributed by atoms with van der Waals surface area (Å²) in [6, 6.07) is 0. The van der Waals surface area contributed by atoms with E-state index >= 15 is 0 Å². The van der Waals surface area contributed by atoms with Crippen LogP contribution in [0.4, 0.5) is 0 Å². The molecule has 6 heteroatoms. The summed E-state index contributed by atoms with van der Waals surface area (Å²) in [5.41, 5.74) is 0. The fraction of sp³-hybridized carbons (Fsp3) is 0.883. The van der Waals surface area contributed by atoms with Gasteiger partial charge in [-0.05, 0) is 51.4 Å². The highest BCUT2D eigenvalue weighted by Crippen LogP contribution is 2.17. The summed E-state index contributed by atoms with van der Waals surface area (Å²) in [6.07, 6.45) is 64.6. The van der Waals surface area contributed by atoms with Crippen molar-refractivity contribution in [3.05, 3.63) is 24.3 Å². The number of hydrogen-bond donors (Lipinski definition) is 0. The first kappa shape index (κ1) is 63.9. The highest BCUT2D eigenvalue weighted by molar-refractivity contribution is 5.71. The molecule has 0 aliphatic rings. The molecule has 1 unspecified atom stereocenters. The Morgan fingerprint density at radius 3 is 0.864 bits per heavy atom. The van der Waals surface area contributed by atoms with Crippen LogP contribution in [0.15, 0.2) is 24.3 Å². The number of hydrogen-bond acceptors (Lipinski definition) is 6. The zero-order valence-corrected chi connectivity index (χ0v) is 44.5. The van der Waals surface area contributed by atoms with E-state index in [1.807, 2.05) is 0 Å². The van der Waals surface area contributed by atoms with Gasteiger partial charge in [0, 0.05) is 19.3 Å². The van der Waals surface area contributed by atoms with Crippen LogP contribution in [0.1, 0.15) is 323 Å². The van der Waals surface area contributed by atoms with Crippen molar-refractivity contribution >= 4 is 17.9 Å². The number of ether oxygens (including phenoxy) is 3. The highest BCUT2D eigenvalue weighted by Gasteiger charge is 2.19. The molecule has 0 saturated heterocycles. The molecular weight excluding hydrogens is 817 g/mol. The smallest absolute Gasteiger partial charge is 0.306 e. The van der Waals surface area contributed by atoms with Crippen molar-refractivity contribution in [1.29, 1.82) is 0 Å². The van der Waals surface area contributed by atoms with Crippen LogP contribution in [0.3, 0.4) is 0 Å². The van der Waals surface area contributed by atoms with Crippen LogP contribution >= 0.6 is 0 Å². The molecule has 0 aliphatic heterocycles. The molecule has 66 heavy (non-hydrogen) atoms. The topological polar surface area (TPSA) is 78.9 Å². The van der Waals surface area contributed by atoms with E-state index in [2.05, 4.69) is 45.1 Å². The Balaban J connectivity index is 4.22. The van der Waals surface area contributed by atoms with Gasteiger partial charge in [-0.15, -0.1) is 0 Å². The fourth-order valence-corrected chi connectivity index (χ4v) is 8.77. The van der Waals surface area contributed by atoms with E-state index in [1.54, 1.807) is 0 Å². The maximum atomic E-state index is 12.8. The second-order valence-electron chi connectivity index (χ2n) is 19.9. The Labute approximate surface area is 411 Å². The molecule has 0 heterocycles. The van der Waals surface area contributed by atoms with Gasteiger partial charge in [0.25, 0.3) is 0 Å². The lowest BCUT2D eigenvalue weighted by Gasteiger charge is -2.18. The van der Waals surface area contributed by atoms with Gasteiger partial charge >= 0.3 is 17.9 Å². The molecule has 0 fully saturated rings. The number of carbonyl (C=O) groups is 3. The molecule has 0 amide bonds. The molecule has 0 aliphatic carbocycles. The first-order chi connectivity index (χ1) is 32.5. The molecular formula is C60H112O6. The molecule has 0 saturated carbocycles. The number of unbranched alkanes of at least 4 members (excludes halogenated alkanes) is 39. The summed E-state index contributed by atoms with van der Waals surface area (Å²) in [7, 11) is 0. The molecule has 0 radical (unpaired) electrons. The van der Waals surface area contributed by atoms with Gasteiger partial charge in [0.2, 0.25) is 0 Å². The fourth-order valence-electron chi connectivity index (χ4n) is 8.77. The SMILES string of the molecule is CCCCC/C=C\C/C=C\CCCCCCCCCCCC(=O)OC(COC(=O)CCCCCCCCCCC)COC(=O)CCCCCCCCCCCCCCCCCCCCCC. The summed E-state index contributed by atoms with van der Waals surface area (Å²) >= 11 is 0. The number of esters is 3. The lowest BCUT2D eigenvalue weighted by molar-refractivity contribution is -0.167. The number of allylic oxidation sites excluding steroid dienone is 4. The molecule has 0 aromatic heterocycles. The second-order valence-corrected chi connectivity index (χ2v) is 19.9. The summed E-state index contributed by atoms with van der Waals surface area (Å²) < 4.78 is 16.8. The third kappa shape index (κ3) is 52.9. The minimum atomic E-state index is -0.768. The molecule has 6 nitrogen and oxygen atoms in total. The summed E-state index contributed by atoms with van der Waals surface area (Å²) in [6.45, 7) is 6.64. The third-order valence-corrected chi connectivity index (χ3v) is 13.2. The quantitative estimate of drug-likeness (QED) is 0.0262. The molecule has 1 atom stereocenters. The lowest BCUT2D eigenvalue weighted by Crippen LogP contribution is -2.30. The van der Waals surface area contributed by atoms with E-state index in [1.165, 1.54) is 218 Å². The molecule has 0 spiro atoms. The molecule has 0 rings (SSSR count). The van der Waals surface area contributed by atoms with Crippen molar-refractivity contribution in [2.24, 2.45) is 0 Å². The molecule has 0 N–H and O–H groups in total. The summed E-state index contributed by atoms with van der Waals surface area (Å²) in [4.78, 5) is 38.1. The van der Waals surface area contributed by atoms with Crippen LogP contribution in [-0.4, -0.2) is 37.2 Å². The zero-order chi connectivity index (χ0) is 47.9. The van der Waals surface area contributed by atoms with Crippen LogP contribution in [0.2, 0.25) is 0 Å². The van der Waals surface area contributed by atoms with Gasteiger partial charge in [-0.1, -0.05) is 276 Å². The van der Waals surface area contributed by atoms with Crippen LogP contribution in [0.25, 0.3) is 0 Å². The Bertz CT molecular complexity index is 1070. The second kappa shape index (κ2) is 55.5. The molecule has 0 bridgehead atoms. The first-order valence-electron chi connectivity index (χ1n) is 29.3. The van der Waals surface area contributed by atoms with Crippen molar-refractivity contribution in [2.45, 2.75) is 329 Å². The van der Waals surface area contributed by atoms with E-state index in [-0.39, 0.29) is 31.1 Å². The zero-order valence-electron chi connectivity index (χ0n) is 44.5. The van der Waals surface area contributed by atoms with Gasteiger partial charge in [0.15, 0.2) is 6.10 Å². The Morgan fingerprint density at radius 1 is 0.303 bits per heavy atom. The Hall–Kier alpha value is -2.11. The maximum Gasteiger partial charge on any atom is 0.306 e. The molecule has 0 aromatic rings. The largest absolute Gasteiger partial charge is 0.462 e. The number of carbonyl (C=O) groups excluding carboxylic acids is 3. The van der Waals surface area contributed by atoms with Gasteiger partial charge < -0.3 is 14.2 Å². The van der Waals surface area contributed by atoms with Crippen LogP contribution in [0.5, 0.6) is 0 Å². The van der Waals surface area contributed by atoms with Crippen molar-refractivity contribution in [3.63, 3.8) is 0 Å². The minimum absolute atomic E-state index is 0.0676. The van der Waals surface area contributed by atoms with Gasteiger partial charge in [0.1, 0.15) is 13.2 Å². The molecule has 388 valence electrons. The van der Waals surface area contributed by atoms with E-state index in [0.717, 1.165) is 64.2 Å². The molecule has 0 aromatic carbocycles. The van der Waals surface area contributed by atoms with Gasteiger partial charge in [-0.25, -0.2) is 0 Å². The Morgan fingerprint density at radius 2 is 0.545 bits per heavy atom. The maximum absolute atomic E-state index is 12.8.